The van der Waals surface area contributed by atoms with Crippen molar-refractivity contribution in [3.8, 4) is 11.5 Å². The maximum absolute atomic E-state index is 11.6. The Bertz CT molecular complexity index is 429. The number of nitrogens with one attached hydrogen (secondary N) is 1. The standard InChI is InChI=1S/C13H17NO4/c1-9-3-4-11(12(5-9)16-2)18-8-13(15)14-10-6-17-7-10/h3-5,10H,6-8H2,1-2H3,(H,14,15). The Balaban J connectivity index is 1.86. The van der Waals surface area contributed by atoms with Gasteiger partial charge in [0.2, 0.25) is 0 Å². The van der Waals surface area contributed by atoms with Crippen molar-refractivity contribution in [2.24, 2.45) is 0 Å². The molecule has 2 rings (SSSR count). The van der Waals surface area contributed by atoms with Crippen LogP contribution in [0.15, 0.2) is 18.2 Å². The molecule has 18 heavy (non-hydrogen) atoms. The monoisotopic (exact) mass is 251 g/mol. The first kappa shape index (κ1) is 12.7. The van der Waals surface area contributed by atoms with Crippen molar-refractivity contribution >= 4 is 5.91 Å². The van der Waals surface area contributed by atoms with Crippen LogP contribution in [0.3, 0.4) is 0 Å². The van der Waals surface area contributed by atoms with Gasteiger partial charge in [-0.2, -0.15) is 0 Å². The number of hydrogen-bond donors (Lipinski definition) is 1. The average Bonchev–Trinajstić information content (AvgIpc) is 2.32. The number of methoxy groups -OCH3 is 1. The molecule has 0 saturated carbocycles. The molecule has 0 spiro atoms. The average molecular weight is 251 g/mol. The molecule has 0 atom stereocenters. The van der Waals surface area contributed by atoms with Crippen LogP contribution in [0.4, 0.5) is 0 Å². The summed E-state index contributed by atoms with van der Waals surface area (Å²) >= 11 is 0. The lowest BCUT2D eigenvalue weighted by Gasteiger charge is -2.26. The van der Waals surface area contributed by atoms with E-state index in [1.807, 2.05) is 19.1 Å². The van der Waals surface area contributed by atoms with E-state index in [1.54, 1.807) is 13.2 Å². The zero-order valence-electron chi connectivity index (χ0n) is 10.6. The molecule has 1 N–H and O–H groups in total. The van der Waals surface area contributed by atoms with Gasteiger partial charge in [-0.3, -0.25) is 4.79 Å². The van der Waals surface area contributed by atoms with Crippen molar-refractivity contribution in [1.82, 2.24) is 5.32 Å². The predicted molar refractivity (Wildman–Crippen MR) is 66.0 cm³/mol. The minimum Gasteiger partial charge on any atom is -0.493 e. The molecule has 1 aromatic rings. The molecule has 1 aliphatic rings. The fourth-order valence-corrected chi connectivity index (χ4v) is 1.63. The van der Waals surface area contributed by atoms with Gasteiger partial charge < -0.3 is 19.5 Å². The topological polar surface area (TPSA) is 56.8 Å². The van der Waals surface area contributed by atoms with Crippen molar-refractivity contribution in [2.75, 3.05) is 26.9 Å². The summed E-state index contributed by atoms with van der Waals surface area (Å²) in [7, 11) is 1.58. The summed E-state index contributed by atoms with van der Waals surface area (Å²) in [6.45, 7) is 3.12. The van der Waals surface area contributed by atoms with Crippen molar-refractivity contribution in [2.45, 2.75) is 13.0 Å². The summed E-state index contributed by atoms with van der Waals surface area (Å²) in [4.78, 5) is 11.6. The number of carbonyl (C=O) groups excluding carboxylic acids is 1. The zero-order chi connectivity index (χ0) is 13.0. The SMILES string of the molecule is COc1cc(C)ccc1OCC(=O)NC1COC1. The van der Waals surface area contributed by atoms with E-state index in [-0.39, 0.29) is 18.6 Å². The molecule has 0 bridgehead atoms. The molecule has 1 aliphatic heterocycles. The maximum Gasteiger partial charge on any atom is 0.258 e. The second kappa shape index (κ2) is 5.73. The first-order chi connectivity index (χ1) is 8.69. The number of aryl methyl sites for hydroxylation is 1. The van der Waals surface area contributed by atoms with Crippen LogP contribution in [0, 0.1) is 6.92 Å². The summed E-state index contributed by atoms with van der Waals surface area (Å²) in [5, 5.41) is 2.81. The van der Waals surface area contributed by atoms with Crippen molar-refractivity contribution in [1.29, 1.82) is 0 Å². The number of rotatable bonds is 5. The molecule has 0 radical (unpaired) electrons. The molecule has 5 heteroatoms. The molecule has 0 unspecified atom stereocenters. The molecule has 98 valence electrons. The predicted octanol–water partition coefficient (Wildman–Crippen LogP) is 0.897. The van der Waals surface area contributed by atoms with E-state index >= 15 is 0 Å². The first-order valence-electron chi connectivity index (χ1n) is 5.83. The highest BCUT2D eigenvalue weighted by molar-refractivity contribution is 5.78. The lowest BCUT2D eigenvalue weighted by molar-refractivity contribution is -0.127. The van der Waals surface area contributed by atoms with Gasteiger partial charge in [-0.1, -0.05) is 6.07 Å². The van der Waals surface area contributed by atoms with Crippen LogP contribution in [0.1, 0.15) is 5.56 Å². The van der Waals surface area contributed by atoms with Crippen LogP contribution in [0.25, 0.3) is 0 Å². The van der Waals surface area contributed by atoms with E-state index in [9.17, 15) is 4.79 Å². The third kappa shape index (κ3) is 3.13. The van der Waals surface area contributed by atoms with E-state index in [0.29, 0.717) is 24.7 Å². The van der Waals surface area contributed by atoms with Crippen LogP contribution < -0.4 is 14.8 Å². The summed E-state index contributed by atoms with van der Waals surface area (Å²) < 4.78 is 15.6. The van der Waals surface area contributed by atoms with Gasteiger partial charge in [0, 0.05) is 0 Å². The molecule has 1 fully saturated rings. The first-order valence-corrected chi connectivity index (χ1v) is 5.83. The Hall–Kier alpha value is -1.75. The highest BCUT2D eigenvalue weighted by atomic mass is 16.5. The Morgan fingerprint density at radius 1 is 1.44 bits per heavy atom. The van der Waals surface area contributed by atoms with E-state index in [0.717, 1.165) is 5.56 Å². The van der Waals surface area contributed by atoms with Crippen molar-refractivity contribution in [3.63, 3.8) is 0 Å². The Labute approximate surface area is 106 Å². The van der Waals surface area contributed by atoms with Gasteiger partial charge in [-0.25, -0.2) is 0 Å². The fourth-order valence-electron chi connectivity index (χ4n) is 1.63. The van der Waals surface area contributed by atoms with E-state index < -0.39 is 0 Å². The van der Waals surface area contributed by atoms with Crippen LogP contribution in [-0.2, 0) is 9.53 Å². The lowest BCUT2D eigenvalue weighted by atomic mass is 10.2. The normalized spacial score (nSPS) is 14.8. The Kier molecular flexibility index (Phi) is 4.04. The van der Waals surface area contributed by atoms with Crippen LogP contribution in [-0.4, -0.2) is 38.9 Å². The molecular formula is C13H17NO4. The molecule has 1 aromatic carbocycles. The molecule has 0 aliphatic carbocycles. The van der Waals surface area contributed by atoms with E-state index in [2.05, 4.69) is 5.32 Å². The van der Waals surface area contributed by atoms with Crippen molar-refractivity contribution in [3.05, 3.63) is 23.8 Å². The molecular weight excluding hydrogens is 234 g/mol. The third-order valence-electron chi connectivity index (χ3n) is 2.68. The van der Waals surface area contributed by atoms with Gasteiger partial charge in [-0.05, 0) is 24.6 Å². The minimum atomic E-state index is -0.147. The fraction of sp³-hybridized carbons (Fsp3) is 0.462. The van der Waals surface area contributed by atoms with Gasteiger partial charge in [0.25, 0.3) is 5.91 Å². The Morgan fingerprint density at radius 2 is 2.22 bits per heavy atom. The summed E-state index contributed by atoms with van der Waals surface area (Å²) in [5.41, 5.74) is 1.08. The van der Waals surface area contributed by atoms with Crippen LogP contribution in [0.5, 0.6) is 11.5 Å². The molecule has 1 saturated heterocycles. The highest BCUT2D eigenvalue weighted by Crippen LogP contribution is 2.27. The number of benzene rings is 1. The number of ether oxygens (including phenoxy) is 3. The maximum atomic E-state index is 11.6. The second-order valence-corrected chi connectivity index (χ2v) is 4.24. The number of hydrogen-bond acceptors (Lipinski definition) is 4. The molecule has 5 nitrogen and oxygen atoms in total. The van der Waals surface area contributed by atoms with Gasteiger partial charge in [0.1, 0.15) is 0 Å². The van der Waals surface area contributed by atoms with Crippen molar-refractivity contribution < 1.29 is 19.0 Å². The smallest absolute Gasteiger partial charge is 0.258 e. The lowest BCUT2D eigenvalue weighted by Crippen LogP contribution is -2.49. The summed E-state index contributed by atoms with van der Waals surface area (Å²) in [5.74, 6) is 1.06. The highest BCUT2D eigenvalue weighted by Gasteiger charge is 2.20. The number of carbonyl (C=O) groups is 1. The van der Waals surface area contributed by atoms with Gasteiger partial charge in [0.15, 0.2) is 18.1 Å². The number of amides is 1. The summed E-state index contributed by atoms with van der Waals surface area (Å²) in [6, 6.07) is 5.71. The van der Waals surface area contributed by atoms with Gasteiger partial charge in [-0.15, -0.1) is 0 Å². The quantitative estimate of drug-likeness (QED) is 0.844. The molecule has 1 heterocycles. The molecule has 0 aromatic heterocycles. The zero-order valence-corrected chi connectivity index (χ0v) is 10.6. The third-order valence-corrected chi connectivity index (χ3v) is 2.68. The largest absolute Gasteiger partial charge is 0.493 e. The van der Waals surface area contributed by atoms with E-state index in [4.69, 9.17) is 14.2 Å². The summed E-state index contributed by atoms with van der Waals surface area (Å²) in [6.07, 6.45) is 0. The van der Waals surface area contributed by atoms with Crippen LogP contribution >= 0.6 is 0 Å². The Morgan fingerprint density at radius 3 is 2.83 bits per heavy atom. The molecule has 1 amide bonds. The van der Waals surface area contributed by atoms with Gasteiger partial charge in [0.05, 0.1) is 26.4 Å². The minimum absolute atomic E-state index is 0.0179. The van der Waals surface area contributed by atoms with Gasteiger partial charge >= 0.3 is 0 Å². The second-order valence-electron chi connectivity index (χ2n) is 4.24. The van der Waals surface area contributed by atoms with Crippen LogP contribution in [0.2, 0.25) is 0 Å². The van der Waals surface area contributed by atoms with E-state index in [1.165, 1.54) is 0 Å².